The monoisotopic (exact) mass is 242 g/mol. The molecular formula is C12H18O5. The summed E-state index contributed by atoms with van der Waals surface area (Å²) in [5, 5.41) is 10.4. The van der Waals surface area contributed by atoms with Gasteiger partial charge in [-0.1, -0.05) is 12.2 Å². The van der Waals surface area contributed by atoms with Crippen molar-refractivity contribution in [1.82, 2.24) is 0 Å². The zero-order valence-corrected chi connectivity index (χ0v) is 10.3. The van der Waals surface area contributed by atoms with Crippen molar-refractivity contribution in [1.29, 1.82) is 0 Å². The van der Waals surface area contributed by atoms with Crippen molar-refractivity contribution in [3.05, 3.63) is 12.2 Å². The molecule has 1 saturated heterocycles. The van der Waals surface area contributed by atoms with Gasteiger partial charge in [0.1, 0.15) is 17.8 Å². The van der Waals surface area contributed by atoms with Gasteiger partial charge in [-0.05, 0) is 20.8 Å². The minimum atomic E-state index is -1.33. The summed E-state index contributed by atoms with van der Waals surface area (Å²) in [7, 11) is 0. The molecule has 0 aromatic heterocycles. The molecule has 0 aromatic carbocycles. The van der Waals surface area contributed by atoms with Crippen LogP contribution in [0.2, 0.25) is 0 Å². The van der Waals surface area contributed by atoms with Crippen LogP contribution in [0.5, 0.6) is 0 Å². The molecule has 2 aliphatic rings. The lowest BCUT2D eigenvalue weighted by Gasteiger charge is -2.27. The van der Waals surface area contributed by atoms with Crippen LogP contribution in [0.25, 0.3) is 0 Å². The Hall–Kier alpha value is -0.910. The molecule has 96 valence electrons. The summed E-state index contributed by atoms with van der Waals surface area (Å²) in [5.74, 6) is -1.17. The van der Waals surface area contributed by atoms with Crippen molar-refractivity contribution < 1.29 is 24.1 Å². The molecule has 1 N–H and O–H groups in total. The van der Waals surface area contributed by atoms with Crippen LogP contribution in [-0.4, -0.2) is 41.3 Å². The molecule has 0 spiro atoms. The third kappa shape index (κ3) is 2.36. The minimum Gasteiger partial charge on any atom is -0.466 e. The average molecular weight is 242 g/mol. The number of hydrogen-bond acceptors (Lipinski definition) is 5. The second-order valence-electron chi connectivity index (χ2n) is 4.85. The molecular weight excluding hydrogens is 224 g/mol. The van der Waals surface area contributed by atoms with E-state index in [1.54, 1.807) is 32.9 Å². The zero-order valence-electron chi connectivity index (χ0n) is 10.3. The average Bonchev–Trinajstić information content (AvgIpc) is 2.64. The van der Waals surface area contributed by atoms with E-state index in [-0.39, 0.29) is 12.5 Å². The fourth-order valence-electron chi connectivity index (χ4n) is 2.28. The first-order chi connectivity index (χ1) is 7.86. The molecule has 3 atom stereocenters. The van der Waals surface area contributed by atoms with E-state index in [1.165, 1.54) is 0 Å². The Labute approximate surface area is 100 Å². The molecule has 5 heteroatoms. The molecule has 1 fully saturated rings. The van der Waals surface area contributed by atoms with Gasteiger partial charge >= 0.3 is 5.97 Å². The number of ether oxygens (including phenoxy) is 3. The molecule has 0 unspecified atom stereocenters. The summed E-state index contributed by atoms with van der Waals surface area (Å²) in [6.45, 7) is 5.59. The summed E-state index contributed by atoms with van der Waals surface area (Å²) in [6.07, 6.45) is 2.34. The molecule has 1 heterocycles. The number of carbonyl (C=O) groups is 1. The van der Waals surface area contributed by atoms with Crippen LogP contribution in [0, 0.1) is 0 Å². The van der Waals surface area contributed by atoms with E-state index in [0.717, 1.165) is 0 Å². The lowest BCUT2D eigenvalue weighted by atomic mass is 9.95. The quantitative estimate of drug-likeness (QED) is 0.584. The Morgan fingerprint density at radius 2 is 2.18 bits per heavy atom. The van der Waals surface area contributed by atoms with Crippen LogP contribution in [0.1, 0.15) is 27.2 Å². The largest absolute Gasteiger partial charge is 0.466 e. The third-order valence-electron chi connectivity index (χ3n) is 2.93. The Morgan fingerprint density at radius 1 is 1.47 bits per heavy atom. The van der Waals surface area contributed by atoms with Crippen LogP contribution in [0.4, 0.5) is 0 Å². The molecule has 0 radical (unpaired) electrons. The second-order valence-corrected chi connectivity index (χ2v) is 4.85. The maximum Gasteiger partial charge on any atom is 0.309 e. The van der Waals surface area contributed by atoms with E-state index in [2.05, 4.69) is 0 Å². The minimum absolute atomic E-state index is 0.113. The highest BCUT2D eigenvalue weighted by Crippen LogP contribution is 2.41. The highest BCUT2D eigenvalue weighted by molar-refractivity contribution is 5.71. The van der Waals surface area contributed by atoms with E-state index in [0.29, 0.717) is 6.61 Å². The fraction of sp³-hybridized carbons (Fsp3) is 0.750. The van der Waals surface area contributed by atoms with Crippen LogP contribution in [-0.2, 0) is 19.0 Å². The standard InChI is InChI=1S/C12H18O5/c1-4-15-9(13)7-12(14)6-5-8-10(12)17-11(2,3)16-8/h5-6,8,10,14H,4,7H2,1-3H3/t8-,10-,12-/m0/s1. The van der Waals surface area contributed by atoms with Gasteiger partial charge in [0, 0.05) is 0 Å². The smallest absolute Gasteiger partial charge is 0.309 e. The fourth-order valence-corrected chi connectivity index (χ4v) is 2.28. The molecule has 5 nitrogen and oxygen atoms in total. The van der Waals surface area contributed by atoms with Crippen molar-refractivity contribution in [2.24, 2.45) is 0 Å². The highest BCUT2D eigenvalue weighted by Gasteiger charge is 2.54. The summed E-state index contributed by atoms with van der Waals surface area (Å²) in [5.41, 5.74) is -1.33. The summed E-state index contributed by atoms with van der Waals surface area (Å²) >= 11 is 0. The summed E-state index contributed by atoms with van der Waals surface area (Å²) < 4.78 is 16.1. The van der Waals surface area contributed by atoms with Gasteiger partial charge in [-0.3, -0.25) is 4.79 Å². The predicted molar refractivity (Wildman–Crippen MR) is 59.2 cm³/mol. The number of rotatable bonds is 3. The van der Waals surface area contributed by atoms with Crippen LogP contribution in [0.15, 0.2) is 12.2 Å². The third-order valence-corrected chi connectivity index (χ3v) is 2.93. The normalized spacial score (nSPS) is 38.1. The maximum atomic E-state index is 11.4. The van der Waals surface area contributed by atoms with Gasteiger partial charge in [0.2, 0.25) is 0 Å². The molecule has 0 bridgehead atoms. The van der Waals surface area contributed by atoms with Gasteiger partial charge < -0.3 is 19.3 Å². The summed E-state index contributed by atoms with van der Waals surface area (Å²) in [6, 6.07) is 0. The lowest BCUT2D eigenvalue weighted by Crippen LogP contribution is -2.44. The van der Waals surface area contributed by atoms with Crippen LogP contribution < -0.4 is 0 Å². The van der Waals surface area contributed by atoms with Gasteiger partial charge in [-0.15, -0.1) is 0 Å². The molecule has 1 aliphatic heterocycles. The SMILES string of the molecule is CCOC(=O)C[C@@]1(O)C=C[C@@H]2OC(C)(C)O[C@@H]21. The first-order valence-corrected chi connectivity index (χ1v) is 5.79. The lowest BCUT2D eigenvalue weighted by molar-refractivity contribution is -0.172. The van der Waals surface area contributed by atoms with E-state index < -0.39 is 23.5 Å². The molecule has 0 aromatic rings. The number of aliphatic hydroxyl groups is 1. The van der Waals surface area contributed by atoms with Gasteiger partial charge in [-0.2, -0.15) is 0 Å². The van der Waals surface area contributed by atoms with Crippen LogP contribution in [0.3, 0.4) is 0 Å². The van der Waals surface area contributed by atoms with Crippen molar-refractivity contribution in [2.75, 3.05) is 6.61 Å². The second kappa shape index (κ2) is 4.08. The number of carbonyl (C=O) groups excluding carboxylic acids is 1. The Kier molecular flexibility index (Phi) is 3.01. The van der Waals surface area contributed by atoms with Gasteiger partial charge in [0.25, 0.3) is 0 Å². The van der Waals surface area contributed by atoms with E-state index in [1.807, 2.05) is 0 Å². The Balaban J connectivity index is 2.07. The van der Waals surface area contributed by atoms with Crippen LogP contribution >= 0.6 is 0 Å². The van der Waals surface area contributed by atoms with Crippen molar-refractivity contribution in [3.8, 4) is 0 Å². The van der Waals surface area contributed by atoms with Gasteiger partial charge in [0.05, 0.1) is 13.0 Å². The zero-order chi connectivity index (χ0) is 12.7. The molecule has 1 aliphatic carbocycles. The molecule has 0 amide bonds. The summed E-state index contributed by atoms with van der Waals surface area (Å²) in [4.78, 5) is 11.4. The highest BCUT2D eigenvalue weighted by atomic mass is 16.8. The van der Waals surface area contributed by atoms with E-state index in [9.17, 15) is 9.90 Å². The van der Waals surface area contributed by atoms with Gasteiger partial charge in [0.15, 0.2) is 5.79 Å². The van der Waals surface area contributed by atoms with Crippen molar-refractivity contribution >= 4 is 5.97 Å². The van der Waals surface area contributed by atoms with Gasteiger partial charge in [-0.25, -0.2) is 0 Å². The van der Waals surface area contributed by atoms with Crippen molar-refractivity contribution in [2.45, 2.75) is 50.8 Å². The molecule has 0 saturated carbocycles. The van der Waals surface area contributed by atoms with Crippen molar-refractivity contribution in [3.63, 3.8) is 0 Å². The topological polar surface area (TPSA) is 65.0 Å². The molecule has 17 heavy (non-hydrogen) atoms. The number of esters is 1. The Morgan fingerprint density at radius 3 is 2.82 bits per heavy atom. The predicted octanol–water partition coefficient (Wildman–Crippen LogP) is 0.761. The van der Waals surface area contributed by atoms with E-state index >= 15 is 0 Å². The molecule has 2 rings (SSSR count). The first kappa shape index (κ1) is 12.5. The Bertz CT molecular complexity index is 349. The number of fused-ring (bicyclic) bond motifs is 1. The number of hydrogen-bond donors (Lipinski definition) is 1. The maximum absolute atomic E-state index is 11.4. The first-order valence-electron chi connectivity index (χ1n) is 5.79. The van der Waals surface area contributed by atoms with E-state index in [4.69, 9.17) is 14.2 Å².